The van der Waals surface area contributed by atoms with Crippen molar-refractivity contribution >= 4 is 33.9 Å². The average molecular weight is 379 g/mol. The Morgan fingerprint density at radius 1 is 1.21 bits per heavy atom. The summed E-state index contributed by atoms with van der Waals surface area (Å²) in [6, 6.07) is 6.80. The number of fused-ring (bicyclic) bond motifs is 4. The number of aromatic nitrogens is 1. The Kier molecular flexibility index (Phi) is 3.96. The lowest BCUT2D eigenvalue weighted by Crippen LogP contribution is -2.28. The summed E-state index contributed by atoms with van der Waals surface area (Å²) in [4.78, 5) is 24.7. The molecule has 4 rings (SSSR count). The quantitative estimate of drug-likeness (QED) is 0.385. The van der Waals surface area contributed by atoms with Gasteiger partial charge in [0, 0.05) is 25.6 Å². The first-order valence-electron chi connectivity index (χ1n) is 8.96. The molecule has 144 valence electrons. The van der Waals surface area contributed by atoms with Gasteiger partial charge in [-0.25, -0.2) is 0 Å². The van der Waals surface area contributed by atoms with Gasteiger partial charge >= 0.3 is 5.97 Å². The Bertz CT molecular complexity index is 1230. The minimum Gasteiger partial charge on any atom is -0.496 e. The molecule has 0 saturated heterocycles. The number of esters is 1. The monoisotopic (exact) mass is 379 g/mol. The third-order valence-corrected chi connectivity index (χ3v) is 4.91. The van der Waals surface area contributed by atoms with Crippen LogP contribution >= 0.6 is 0 Å². The molecule has 1 aliphatic heterocycles. The van der Waals surface area contributed by atoms with Crippen LogP contribution in [0, 0.1) is 0 Å². The number of benzene rings is 2. The molecule has 3 aromatic rings. The van der Waals surface area contributed by atoms with Gasteiger partial charge in [0.15, 0.2) is 0 Å². The molecule has 6 heteroatoms. The smallest absolute Gasteiger partial charge is 0.308 e. The van der Waals surface area contributed by atoms with Crippen LogP contribution in [0.1, 0.15) is 26.3 Å². The van der Waals surface area contributed by atoms with Crippen LogP contribution in [-0.2, 0) is 11.8 Å². The predicted octanol–water partition coefficient (Wildman–Crippen LogP) is 3.81. The van der Waals surface area contributed by atoms with Crippen molar-refractivity contribution in [2.45, 2.75) is 26.4 Å². The van der Waals surface area contributed by atoms with E-state index in [1.165, 1.54) is 14.0 Å². The lowest BCUT2D eigenvalue weighted by Gasteiger charge is -2.29. The molecule has 0 unspecified atom stereocenters. The molecular formula is C22H21NO5. The van der Waals surface area contributed by atoms with Crippen molar-refractivity contribution in [3.63, 3.8) is 0 Å². The first-order valence-corrected chi connectivity index (χ1v) is 8.96. The van der Waals surface area contributed by atoms with Crippen molar-refractivity contribution in [2.75, 3.05) is 7.11 Å². The molecule has 0 spiro atoms. The zero-order chi connectivity index (χ0) is 20.2. The van der Waals surface area contributed by atoms with E-state index in [9.17, 15) is 9.59 Å². The number of pyridine rings is 1. The van der Waals surface area contributed by atoms with E-state index in [1.807, 2.05) is 37.6 Å². The van der Waals surface area contributed by atoms with Gasteiger partial charge in [0.05, 0.1) is 28.9 Å². The van der Waals surface area contributed by atoms with E-state index in [1.54, 1.807) is 24.3 Å². The van der Waals surface area contributed by atoms with E-state index < -0.39 is 11.6 Å². The molecule has 2 heterocycles. The van der Waals surface area contributed by atoms with E-state index in [0.717, 1.165) is 16.6 Å². The molecule has 28 heavy (non-hydrogen) atoms. The molecule has 0 aliphatic carbocycles. The number of methoxy groups -OCH3 is 1. The summed E-state index contributed by atoms with van der Waals surface area (Å²) in [5.41, 5.74) is 1.66. The number of nitrogens with zero attached hydrogens (tertiary/aromatic N) is 1. The maximum absolute atomic E-state index is 13.4. The summed E-state index contributed by atoms with van der Waals surface area (Å²) >= 11 is 0. The lowest BCUT2D eigenvalue weighted by atomic mass is 9.98. The fourth-order valence-corrected chi connectivity index (χ4v) is 3.69. The topological polar surface area (TPSA) is 66.8 Å². The normalized spacial score (nSPS) is 14.6. The first kappa shape index (κ1) is 18.1. The number of aryl methyl sites for hydroxylation is 1. The molecule has 1 aliphatic rings. The van der Waals surface area contributed by atoms with E-state index in [0.29, 0.717) is 28.0 Å². The second kappa shape index (κ2) is 6.12. The van der Waals surface area contributed by atoms with Crippen LogP contribution in [0.15, 0.2) is 35.1 Å². The van der Waals surface area contributed by atoms with Crippen LogP contribution in [0.3, 0.4) is 0 Å². The highest BCUT2D eigenvalue weighted by Gasteiger charge is 2.27. The Hall–Kier alpha value is -3.28. The minimum absolute atomic E-state index is 0.185. The largest absolute Gasteiger partial charge is 0.496 e. The number of hydrogen-bond donors (Lipinski definition) is 0. The summed E-state index contributed by atoms with van der Waals surface area (Å²) in [5.74, 6) is 1.01. The lowest BCUT2D eigenvalue weighted by molar-refractivity contribution is -0.131. The molecule has 6 nitrogen and oxygen atoms in total. The Morgan fingerprint density at radius 2 is 1.96 bits per heavy atom. The molecular weight excluding hydrogens is 358 g/mol. The van der Waals surface area contributed by atoms with Gasteiger partial charge in [0.25, 0.3) is 0 Å². The zero-order valence-electron chi connectivity index (χ0n) is 16.5. The number of ether oxygens (including phenoxy) is 3. The summed E-state index contributed by atoms with van der Waals surface area (Å²) in [6.45, 7) is 5.27. The molecule has 0 N–H and O–H groups in total. The van der Waals surface area contributed by atoms with Crippen LogP contribution in [0.5, 0.6) is 17.2 Å². The van der Waals surface area contributed by atoms with Gasteiger partial charge in [0.2, 0.25) is 5.43 Å². The third-order valence-electron chi connectivity index (χ3n) is 4.91. The average Bonchev–Trinajstić information content (AvgIpc) is 2.63. The van der Waals surface area contributed by atoms with E-state index >= 15 is 0 Å². The molecule has 0 amide bonds. The van der Waals surface area contributed by atoms with E-state index in [-0.39, 0.29) is 5.43 Å². The Balaban J connectivity index is 2.14. The number of carbonyl (C=O) groups is 1. The van der Waals surface area contributed by atoms with Gasteiger partial charge in [0.1, 0.15) is 22.8 Å². The van der Waals surface area contributed by atoms with Crippen LogP contribution in [0.25, 0.3) is 27.9 Å². The molecule has 1 aromatic heterocycles. The van der Waals surface area contributed by atoms with Crippen molar-refractivity contribution in [1.82, 2.24) is 4.57 Å². The highest BCUT2D eigenvalue weighted by atomic mass is 16.5. The molecule has 0 atom stereocenters. The summed E-state index contributed by atoms with van der Waals surface area (Å²) < 4.78 is 18.7. The summed E-state index contributed by atoms with van der Waals surface area (Å²) in [6.07, 6.45) is 3.96. The molecule has 2 aromatic carbocycles. The first-order chi connectivity index (χ1) is 13.2. The maximum Gasteiger partial charge on any atom is 0.308 e. The van der Waals surface area contributed by atoms with E-state index in [2.05, 4.69) is 0 Å². The van der Waals surface area contributed by atoms with Gasteiger partial charge in [-0.05, 0) is 44.2 Å². The van der Waals surface area contributed by atoms with Crippen LogP contribution in [-0.4, -0.2) is 23.2 Å². The standard InChI is InChI=1S/C22H21NO5/c1-12(24)27-13-6-7-16-15(10-13)21(25)19-18(26-5)11-17-14(20(19)23(16)4)8-9-22(2,3)28-17/h6-11H,1-5H3. The number of rotatable bonds is 2. The fourth-order valence-electron chi connectivity index (χ4n) is 3.69. The van der Waals surface area contributed by atoms with Crippen molar-refractivity contribution in [3.8, 4) is 17.2 Å². The fraction of sp³-hybridized carbons (Fsp3) is 0.273. The Morgan fingerprint density at radius 3 is 2.64 bits per heavy atom. The van der Waals surface area contributed by atoms with Crippen molar-refractivity contribution in [3.05, 3.63) is 46.1 Å². The van der Waals surface area contributed by atoms with Crippen LogP contribution in [0.4, 0.5) is 0 Å². The second-order valence-electron chi connectivity index (χ2n) is 7.41. The summed E-state index contributed by atoms with van der Waals surface area (Å²) in [7, 11) is 3.42. The predicted molar refractivity (Wildman–Crippen MR) is 108 cm³/mol. The van der Waals surface area contributed by atoms with Crippen LogP contribution < -0.4 is 19.6 Å². The van der Waals surface area contributed by atoms with Crippen molar-refractivity contribution in [1.29, 1.82) is 0 Å². The van der Waals surface area contributed by atoms with Gasteiger partial charge in [-0.15, -0.1) is 0 Å². The van der Waals surface area contributed by atoms with E-state index in [4.69, 9.17) is 14.2 Å². The molecule has 0 radical (unpaired) electrons. The van der Waals surface area contributed by atoms with Gasteiger partial charge in [-0.3, -0.25) is 9.59 Å². The van der Waals surface area contributed by atoms with Crippen LogP contribution in [0.2, 0.25) is 0 Å². The summed E-state index contributed by atoms with van der Waals surface area (Å²) in [5, 5.41) is 0.914. The van der Waals surface area contributed by atoms with Gasteiger partial charge in [-0.2, -0.15) is 0 Å². The zero-order valence-corrected chi connectivity index (χ0v) is 16.5. The second-order valence-corrected chi connectivity index (χ2v) is 7.41. The Labute approximate surface area is 161 Å². The number of carbonyl (C=O) groups excluding carboxylic acids is 1. The molecule has 0 bridgehead atoms. The molecule has 0 saturated carbocycles. The van der Waals surface area contributed by atoms with Gasteiger partial charge in [-0.1, -0.05) is 0 Å². The minimum atomic E-state index is -0.444. The SMILES string of the molecule is COc1cc2c(c3c1c(=O)c1cc(OC(C)=O)ccc1n3C)C=CC(C)(C)O2. The van der Waals surface area contributed by atoms with Gasteiger partial charge < -0.3 is 18.8 Å². The maximum atomic E-state index is 13.4. The highest BCUT2D eigenvalue weighted by Crippen LogP contribution is 2.40. The van der Waals surface area contributed by atoms with Crippen molar-refractivity contribution in [2.24, 2.45) is 7.05 Å². The van der Waals surface area contributed by atoms with Crippen molar-refractivity contribution < 1.29 is 19.0 Å². The molecule has 0 fully saturated rings. The third kappa shape index (κ3) is 2.72. The highest BCUT2D eigenvalue weighted by molar-refractivity contribution is 6.02. The number of hydrogen-bond acceptors (Lipinski definition) is 5.